The summed E-state index contributed by atoms with van der Waals surface area (Å²) >= 11 is 12.5. The minimum atomic E-state index is -0.241. The van der Waals surface area contributed by atoms with Crippen molar-refractivity contribution in [3.63, 3.8) is 0 Å². The number of anilines is 1. The predicted molar refractivity (Wildman–Crippen MR) is 133 cm³/mol. The molecule has 0 amide bonds. The third kappa shape index (κ3) is 4.72. The van der Waals surface area contributed by atoms with Crippen LogP contribution in [0.5, 0.6) is 0 Å². The normalized spacial score (nSPS) is 12.0. The van der Waals surface area contributed by atoms with Crippen molar-refractivity contribution in [3.05, 3.63) is 65.2 Å². The molecule has 0 aliphatic carbocycles. The molecule has 0 aliphatic heterocycles. The zero-order valence-electron chi connectivity index (χ0n) is 18.5. The molecule has 32 heavy (non-hydrogen) atoms. The van der Waals surface area contributed by atoms with Gasteiger partial charge in [0.1, 0.15) is 5.65 Å². The highest BCUT2D eigenvalue weighted by atomic mass is 35.5. The maximum Gasteiger partial charge on any atom is 0.209 e. The molecule has 6 nitrogen and oxygen atoms in total. The van der Waals surface area contributed by atoms with E-state index in [9.17, 15) is 0 Å². The van der Waals surface area contributed by atoms with E-state index in [2.05, 4.69) is 48.3 Å². The number of hydrogen-bond donors (Lipinski definition) is 2. The molecule has 0 bridgehead atoms. The summed E-state index contributed by atoms with van der Waals surface area (Å²) < 4.78 is 1.97. The first-order chi connectivity index (χ1) is 15.2. The Morgan fingerprint density at radius 1 is 1.00 bits per heavy atom. The van der Waals surface area contributed by atoms with Crippen LogP contribution in [0.25, 0.3) is 28.0 Å². The van der Waals surface area contributed by atoms with Gasteiger partial charge in [-0.05, 0) is 43.7 Å². The third-order valence-corrected chi connectivity index (χ3v) is 5.85. The molecule has 4 rings (SSSR count). The van der Waals surface area contributed by atoms with Gasteiger partial charge in [-0.2, -0.15) is 0 Å². The second-order valence-corrected chi connectivity index (χ2v) is 9.50. The number of fused-ring (bicyclic) bond motifs is 1. The van der Waals surface area contributed by atoms with E-state index < -0.39 is 0 Å². The quantitative estimate of drug-likeness (QED) is 0.350. The van der Waals surface area contributed by atoms with Gasteiger partial charge in [0.2, 0.25) is 5.95 Å². The van der Waals surface area contributed by atoms with E-state index in [4.69, 9.17) is 28.2 Å². The third-order valence-electron chi connectivity index (χ3n) is 5.11. The number of nitrogens with one attached hydrogen (secondary N) is 2. The molecule has 3 aromatic heterocycles. The zero-order chi connectivity index (χ0) is 22.9. The van der Waals surface area contributed by atoms with Crippen LogP contribution in [0, 0.1) is 0 Å². The highest BCUT2D eigenvalue weighted by Crippen LogP contribution is 2.37. The molecule has 2 N–H and O–H groups in total. The Morgan fingerprint density at radius 2 is 1.75 bits per heavy atom. The summed E-state index contributed by atoms with van der Waals surface area (Å²) in [6, 6.07) is 9.86. The number of halogens is 2. The Morgan fingerprint density at radius 3 is 2.44 bits per heavy atom. The summed E-state index contributed by atoms with van der Waals surface area (Å²) in [7, 11) is 0. The van der Waals surface area contributed by atoms with Gasteiger partial charge >= 0.3 is 0 Å². The summed E-state index contributed by atoms with van der Waals surface area (Å²) in [5, 5.41) is 8.08. The zero-order valence-corrected chi connectivity index (χ0v) is 20.0. The Labute approximate surface area is 198 Å². The minimum absolute atomic E-state index is 0.241. The van der Waals surface area contributed by atoms with Crippen molar-refractivity contribution in [2.24, 2.45) is 0 Å². The first-order valence-electron chi connectivity index (χ1n) is 10.5. The number of benzene rings is 1. The van der Waals surface area contributed by atoms with Crippen LogP contribution >= 0.6 is 23.2 Å². The topological polar surface area (TPSA) is 67.1 Å². The molecule has 8 heteroatoms. The Balaban J connectivity index is 1.91. The Kier molecular flexibility index (Phi) is 6.38. The maximum absolute atomic E-state index is 6.36. The van der Waals surface area contributed by atoms with Crippen LogP contribution in [-0.2, 0) is 0 Å². The molecule has 0 aliphatic rings. The van der Waals surface area contributed by atoms with Gasteiger partial charge in [-0.25, -0.2) is 9.97 Å². The highest BCUT2D eigenvalue weighted by molar-refractivity contribution is 6.42. The van der Waals surface area contributed by atoms with Crippen molar-refractivity contribution in [1.82, 2.24) is 24.7 Å². The van der Waals surface area contributed by atoms with Crippen LogP contribution in [0.15, 0.2) is 55.1 Å². The van der Waals surface area contributed by atoms with Crippen molar-refractivity contribution in [3.8, 4) is 22.4 Å². The van der Waals surface area contributed by atoms with Gasteiger partial charge in [0, 0.05) is 48.5 Å². The average molecular weight is 469 g/mol. The predicted octanol–water partition coefficient (Wildman–Crippen LogP) is 5.95. The minimum Gasteiger partial charge on any atom is -0.349 e. The fourth-order valence-corrected chi connectivity index (χ4v) is 3.81. The van der Waals surface area contributed by atoms with Crippen molar-refractivity contribution in [1.29, 1.82) is 0 Å². The maximum atomic E-state index is 6.36. The molecule has 0 saturated carbocycles. The van der Waals surface area contributed by atoms with Crippen molar-refractivity contribution in [2.75, 3.05) is 11.9 Å². The largest absolute Gasteiger partial charge is 0.349 e. The number of hydrogen-bond acceptors (Lipinski definition) is 5. The van der Waals surface area contributed by atoms with Crippen LogP contribution < -0.4 is 10.6 Å². The fraction of sp³-hybridized carbons (Fsp3) is 0.292. The molecule has 0 saturated heterocycles. The number of nitrogens with zero attached hydrogens (tertiary/aromatic N) is 4. The number of aromatic nitrogens is 4. The summed E-state index contributed by atoms with van der Waals surface area (Å²) in [4.78, 5) is 13.9. The van der Waals surface area contributed by atoms with Gasteiger partial charge in [-0.3, -0.25) is 9.38 Å². The second kappa shape index (κ2) is 9.06. The van der Waals surface area contributed by atoms with Crippen LogP contribution in [-0.4, -0.2) is 37.5 Å². The SMILES string of the molecule is CC(C)NCC(C)(C)Nc1nc(-c2ccncc2)c(-c2ccc(Cl)c(Cl)c2)c2nccn12. The fourth-order valence-electron chi connectivity index (χ4n) is 3.51. The standard InChI is InChI=1S/C24H26Cl2N6/c1-15(2)29-14-24(3,4)31-23-30-21(16-7-9-27-10-8-16)20(22-28-11-12-32(22)23)17-5-6-18(25)19(26)13-17/h5-13,15,29H,14H2,1-4H3,(H,30,31). The molecule has 4 aromatic rings. The van der Waals surface area contributed by atoms with E-state index in [0.29, 0.717) is 22.0 Å². The number of imidazole rings is 1. The highest BCUT2D eigenvalue weighted by Gasteiger charge is 2.23. The molecule has 0 spiro atoms. The summed E-state index contributed by atoms with van der Waals surface area (Å²) in [6.07, 6.45) is 7.21. The van der Waals surface area contributed by atoms with E-state index in [-0.39, 0.29) is 5.54 Å². The van der Waals surface area contributed by atoms with E-state index in [1.807, 2.05) is 34.9 Å². The first-order valence-corrected chi connectivity index (χ1v) is 11.3. The van der Waals surface area contributed by atoms with Gasteiger partial charge in [-0.1, -0.05) is 43.1 Å². The van der Waals surface area contributed by atoms with Crippen LogP contribution in [0.4, 0.5) is 5.95 Å². The van der Waals surface area contributed by atoms with Crippen molar-refractivity contribution >= 4 is 34.8 Å². The lowest BCUT2D eigenvalue weighted by Gasteiger charge is -2.29. The molecule has 0 fully saturated rings. The van der Waals surface area contributed by atoms with Crippen LogP contribution in [0.1, 0.15) is 27.7 Å². The lowest BCUT2D eigenvalue weighted by molar-refractivity contribution is 0.465. The molecule has 0 atom stereocenters. The van der Waals surface area contributed by atoms with Gasteiger partial charge in [0.25, 0.3) is 0 Å². The van der Waals surface area contributed by atoms with E-state index >= 15 is 0 Å². The van der Waals surface area contributed by atoms with Gasteiger partial charge in [-0.15, -0.1) is 0 Å². The van der Waals surface area contributed by atoms with E-state index in [1.54, 1.807) is 24.7 Å². The van der Waals surface area contributed by atoms with Gasteiger partial charge in [0.05, 0.1) is 21.3 Å². The van der Waals surface area contributed by atoms with Gasteiger partial charge in [0.15, 0.2) is 0 Å². The average Bonchev–Trinajstić information content (AvgIpc) is 3.25. The summed E-state index contributed by atoms with van der Waals surface area (Å²) in [5.74, 6) is 0.712. The van der Waals surface area contributed by atoms with Crippen molar-refractivity contribution in [2.45, 2.75) is 39.3 Å². The molecule has 0 radical (unpaired) electrons. The first kappa shape index (κ1) is 22.5. The van der Waals surface area contributed by atoms with Crippen LogP contribution in [0.2, 0.25) is 10.0 Å². The molecule has 0 unspecified atom stereocenters. The van der Waals surface area contributed by atoms with Crippen molar-refractivity contribution < 1.29 is 0 Å². The van der Waals surface area contributed by atoms with E-state index in [0.717, 1.165) is 34.6 Å². The monoisotopic (exact) mass is 468 g/mol. The molecular weight excluding hydrogens is 443 g/mol. The van der Waals surface area contributed by atoms with E-state index in [1.165, 1.54) is 0 Å². The number of rotatable bonds is 7. The lowest BCUT2D eigenvalue weighted by atomic mass is 10.0. The Bertz CT molecular complexity index is 1230. The second-order valence-electron chi connectivity index (χ2n) is 8.69. The molecule has 1 aromatic carbocycles. The van der Waals surface area contributed by atoms with Crippen LogP contribution in [0.3, 0.4) is 0 Å². The Hall–Kier alpha value is -2.67. The summed E-state index contributed by atoms with van der Waals surface area (Å²) in [5.41, 5.74) is 4.04. The lowest BCUT2D eigenvalue weighted by Crippen LogP contribution is -2.44. The smallest absolute Gasteiger partial charge is 0.209 e. The summed E-state index contributed by atoms with van der Waals surface area (Å²) in [6.45, 7) is 9.34. The molecule has 3 heterocycles. The molecule has 166 valence electrons. The number of pyridine rings is 1. The molecular formula is C24H26Cl2N6. The van der Waals surface area contributed by atoms with Gasteiger partial charge < -0.3 is 10.6 Å².